The number of amides is 1. The van der Waals surface area contributed by atoms with Crippen molar-refractivity contribution in [3.05, 3.63) is 65.4 Å². The van der Waals surface area contributed by atoms with E-state index < -0.39 is 0 Å². The molecule has 1 aliphatic heterocycles. The highest BCUT2D eigenvalue weighted by Gasteiger charge is 2.15. The van der Waals surface area contributed by atoms with Gasteiger partial charge < -0.3 is 15.1 Å². The molecule has 2 heterocycles. The Morgan fingerprint density at radius 3 is 3.00 bits per heavy atom. The second kappa shape index (κ2) is 6.73. The molecule has 25 heavy (non-hydrogen) atoms. The fourth-order valence-electron chi connectivity index (χ4n) is 3.52. The average molecular weight is 334 g/mol. The van der Waals surface area contributed by atoms with E-state index in [1.807, 2.05) is 49.4 Å². The molecule has 128 valence electrons. The summed E-state index contributed by atoms with van der Waals surface area (Å²) >= 11 is 0. The highest BCUT2D eigenvalue weighted by molar-refractivity contribution is 6.05. The van der Waals surface area contributed by atoms with Gasteiger partial charge in [-0.25, -0.2) is 0 Å². The molecule has 0 aliphatic carbocycles. The van der Waals surface area contributed by atoms with Crippen LogP contribution < -0.4 is 10.6 Å². The SMILES string of the molecule is Cc1cc2cc(NC(=O)c3cccc(CC4CCNC4)c3)ccc2o1. The number of rotatable bonds is 4. The topological polar surface area (TPSA) is 54.3 Å². The first-order chi connectivity index (χ1) is 12.2. The molecule has 3 aromatic rings. The van der Waals surface area contributed by atoms with E-state index in [1.54, 1.807) is 0 Å². The third kappa shape index (κ3) is 3.59. The Morgan fingerprint density at radius 1 is 1.24 bits per heavy atom. The van der Waals surface area contributed by atoms with Gasteiger partial charge in [-0.3, -0.25) is 4.79 Å². The first-order valence-corrected chi connectivity index (χ1v) is 8.78. The lowest BCUT2D eigenvalue weighted by Gasteiger charge is -2.10. The van der Waals surface area contributed by atoms with Crippen LogP contribution in [0.3, 0.4) is 0 Å². The Kier molecular flexibility index (Phi) is 4.28. The maximum atomic E-state index is 12.6. The summed E-state index contributed by atoms with van der Waals surface area (Å²) < 4.78 is 5.57. The molecule has 2 N–H and O–H groups in total. The van der Waals surface area contributed by atoms with E-state index in [-0.39, 0.29) is 5.91 Å². The number of anilines is 1. The fraction of sp³-hybridized carbons (Fsp3) is 0.286. The van der Waals surface area contributed by atoms with Crippen molar-refractivity contribution in [2.75, 3.05) is 18.4 Å². The van der Waals surface area contributed by atoms with Gasteiger partial charge in [0.25, 0.3) is 5.91 Å². The molecule has 1 atom stereocenters. The molecule has 0 spiro atoms. The van der Waals surface area contributed by atoms with Crippen molar-refractivity contribution in [1.29, 1.82) is 0 Å². The molecule has 0 saturated carbocycles. The summed E-state index contributed by atoms with van der Waals surface area (Å²) in [5.41, 5.74) is 3.54. The van der Waals surface area contributed by atoms with E-state index in [1.165, 1.54) is 12.0 Å². The highest BCUT2D eigenvalue weighted by Crippen LogP contribution is 2.23. The van der Waals surface area contributed by atoms with Crippen LogP contribution in [0.4, 0.5) is 5.69 Å². The number of hydrogen-bond acceptors (Lipinski definition) is 3. The largest absolute Gasteiger partial charge is 0.461 e. The lowest BCUT2D eigenvalue weighted by Crippen LogP contribution is -2.13. The van der Waals surface area contributed by atoms with Gasteiger partial charge in [-0.1, -0.05) is 12.1 Å². The Hall–Kier alpha value is -2.59. The number of aryl methyl sites for hydroxylation is 1. The standard InChI is InChI=1S/C21H22N2O2/c1-14-9-18-12-19(5-6-20(18)25-14)23-21(24)17-4-2-3-15(11-17)10-16-7-8-22-13-16/h2-6,9,11-12,16,22H,7-8,10,13H2,1H3,(H,23,24). The van der Waals surface area contributed by atoms with E-state index >= 15 is 0 Å². The van der Waals surface area contributed by atoms with Crippen molar-refractivity contribution < 1.29 is 9.21 Å². The van der Waals surface area contributed by atoms with E-state index in [0.29, 0.717) is 11.5 Å². The van der Waals surface area contributed by atoms with Gasteiger partial charge in [-0.2, -0.15) is 0 Å². The number of carbonyl (C=O) groups excluding carboxylic acids is 1. The monoisotopic (exact) mass is 334 g/mol. The van der Waals surface area contributed by atoms with Crippen molar-refractivity contribution in [3.63, 3.8) is 0 Å². The molecule has 1 aromatic heterocycles. The summed E-state index contributed by atoms with van der Waals surface area (Å²) in [6.45, 7) is 4.09. The second-order valence-corrected chi connectivity index (χ2v) is 6.83. The number of benzene rings is 2. The van der Waals surface area contributed by atoms with Gasteiger partial charge in [0.05, 0.1) is 0 Å². The second-order valence-electron chi connectivity index (χ2n) is 6.83. The third-order valence-electron chi connectivity index (χ3n) is 4.77. The Labute approximate surface area is 147 Å². The summed E-state index contributed by atoms with van der Waals surface area (Å²) in [6, 6.07) is 15.6. The zero-order valence-electron chi connectivity index (χ0n) is 14.3. The Balaban J connectivity index is 1.49. The van der Waals surface area contributed by atoms with Crippen LogP contribution in [0.5, 0.6) is 0 Å². The molecule has 1 aliphatic rings. The molecule has 4 heteroatoms. The fourth-order valence-corrected chi connectivity index (χ4v) is 3.52. The molecular formula is C21H22N2O2. The molecule has 0 bridgehead atoms. The van der Waals surface area contributed by atoms with Crippen molar-refractivity contribution in [2.45, 2.75) is 19.8 Å². The number of furan rings is 1. The maximum Gasteiger partial charge on any atom is 0.255 e. The molecule has 0 radical (unpaired) electrons. The highest BCUT2D eigenvalue weighted by atomic mass is 16.3. The number of nitrogens with one attached hydrogen (secondary N) is 2. The zero-order chi connectivity index (χ0) is 17.2. The van der Waals surface area contributed by atoms with Crippen LogP contribution in [-0.4, -0.2) is 19.0 Å². The summed E-state index contributed by atoms with van der Waals surface area (Å²) in [4.78, 5) is 12.6. The molecule has 2 aromatic carbocycles. The van der Waals surface area contributed by atoms with Gasteiger partial charge in [-0.15, -0.1) is 0 Å². The van der Waals surface area contributed by atoms with Crippen LogP contribution in [0.15, 0.2) is 52.9 Å². The first kappa shape index (κ1) is 15.9. The van der Waals surface area contributed by atoms with Crippen LogP contribution in [0.1, 0.15) is 28.1 Å². The van der Waals surface area contributed by atoms with Crippen molar-refractivity contribution in [1.82, 2.24) is 5.32 Å². The predicted molar refractivity (Wildman–Crippen MR) is 100 cm³/mol. The minimum Gasteiger partial charge on any atom is -0.461 e. The molecule has 4 nitrogen and oxygen atoms in total. The third-order valence-corrected chi connectivity index (χ3v) is 4.77. The average Bonchev–Trinajstić information content (AvgIpc) is 3.23. The minimum atomic E-state index is -0.0778. The molecule has 1 unspecified atom stereocenters. The van der Waals surface area contributed by atoms with Crippen LogP contribution in [-0.2, 0) is 6.42 Å². The lowest BCUT2D eigenvalue weighted by molar-refractivity contribution is 0.102. The smallest absolute Gasteiger partial charge is 0.255 e. The molecule has 1 fully saturated rings. The molecular weight excluding hydrogens is 312 g/mol. The summed E-state index contributed by atoms with van der Waals surface area (Å²) in [6.07, 6.45) is 2.23. The summed E-state index contributed by atoms with van der Waals surface area (Å²) in [5, 5.41) is 7.38. The minimum absolute atomic E-state index is 0.0778. The van der Waals surface area contributed by atoms with Crippen LogP contribution >= 0.6 is 0 Å². The Morgan fingerprint density at radius 2 is 2.16 bits per heavy atom. The normalized spacial score (nSPS) is 17.1. The van der Waals surface area contributed by atoms with E-state index in [9.17, 15) is 4.79 Å². The maximum absolute atomic E-state index is 12.6. The molecule has 1 amide bonds. The van der Waals surface area contributed by atoms with Crippen molar-refractivity contribution >= 4 is 22.6 Å². The van der Waals surface area contributed by atoms with Crippen LogP contribution in [0.2, 0.25) is 0 Å². The van der Waals surface area contributed by atoms with Crippen LogP contribution in [0.25, 0.3) is 11.0 Å². The number of hydrogen-bond donors (Lipinski definition) is 2. The van der Waals surface area contributed by atoms with Crippen molar-refractivity contribution in [3.8, 4) is 0 Å². The molecule has 4 rings (SSSR count). The van der Waals surface area contributed by atoms with Crippen molar-refractivity contribution in [2.24, 2.45) is 5.92 Å². The van der Waals surface area contributed by atoms with Gasteiger partial charge in [0.1, 0.15) is 11.3 Å². The van der Waals surface area contributed by atoms with E-state index in [0.717, 1.165) is 41.9 Å². The summed E-state index contributed by atoms with van der Waals surface area (Å²) in [7, 11) is 0. The zero-order valence-corrected chi connectivity index (χ0v) is 14.3. The van der Waals surface area contributed by atoms with Gasteiger partial charge in [0.15, 0.2) is 0 Å². The molecule has 1 saturated heterocycles. The number of fused-ring (bicyclic) bond motifs is 1. The summed E-state index contributed by atoms with van der Waals surface area (Å²) in [5.74, 6) is 1.46. The van der Waals surface area contributed by atoms with Crippen LogP contribution in [0, 0.1) is 12.8 Å². The van der Waals surface area contributed by atoms with E-state index in [4.69, 9.17) is 4.42 Å². The van der Waals surface area contributed by atoms with E-state index in [2.05, 4.69) is 16.7 Å². The predicted octanol–water partition coefficient (Wildman–Crippen LogP) is 4.15. The first-order valence-electron chi connectivity index (χ1n) is 8.78. The number of carbonyl (C=O) groups is 1. The van der Waals surface area contributed by atoms with Gasteiger partial charge in [0, 0.05) is 16.6 Å². The van der Waals surface area contributed by atoms with Gasteiger partial charge in [0.2, 0.25) is 0 Å². The quantitative estimate of drug-likeness (QED) is 0.754. The Bertz CT molecular complexity index is 907. The van der Waals surface area contributed by atoms with Gasteiger partial charge >= 0.3 is 0 Å². The lowest BCUT2D eigenvalue weighted by atomic mass is 9.97. The van der Waals surface area contributed by atoms with Gasteiger partial charge in [-0.05, 0) is 80.7 Å².